The standard InChI is InChI=1S/C14H11BrFNO/c15-11-6-8-12(9-7-11)17-14(18)13(16)10-4-2-1-3-5-10/h1-9,13H,(H,17,18)/t13-/m0/s1. The van der Waals surface area contributed by atoms with Gasteiger partial charge in [-0.05, 0) is 29.8 Å². The number of alkyl halides is 1. The molecule has 0 saturated carbocycles. The maximum Gasteiger partial charge on any atom is 0.263 e. The van der Waals surface area contributed by atoms with Crippen LogP contribution in [0, 0.1) is 0 Å². The van der Waals surface area contributed by atoms with Crippen LogP contribution in [0.25, 0.3) is 0 Å². The fourth-order valence-electron chi connectivity index (χ4n) is 1.51. The predicted molar refractivity (Wildman–Crippen MR) is 73.1 cm³/mol. The molecule has 0 unspecified atom stereocenters. The lowest BCUT2D eigenvalue weighted by molar-refractivity contribution is -0.121. The number of hydrogen-bond acceptors (Lipinski definition) is 1. The number of rotatable bonds is 3. The van der Waals surface area contributed by atoms with E-state index in [0.717, 1.165) is 4.47 Å². The molecule has 18 heavy (non-hydrogen) atoms. The highest BCUT2D eigenvalue weighted by molar-refractivity contribution is 9.10. The number of hydrogen-bond donors (Lipinski definition) is 1. The van der Waals surface area contributed by atoms with Crippen molar-refractivity contribution in [3.05, 3.63) is 64.6 Å². The molecule has 0 aliphatic rings. The molecule has 2 aromatic carbocycles. The van der Waals surface area contributed by atoms with E-state index in [1.54, 1.807) is 54.6 Å². The largest absolute Gasteiger partial charge is 0.323 e. The number of carbonyl (C=O) groups excluding carboxylic acids is 1. The lowest BCUT2D eigenvalue weighted by Crippen LogP contribution is -2.17. The Morgan fingerprint density at radius 2 is 1.67 bits per heavy atom. The molecule has 1 amide bonds. The molecule has 2 rings (SSSR count). The molecule has 92 valence electrons. The van der Waals surface area contributed by atoms with E-state index in [9.17, 15) is 9.18 Å². The third-order valence-electron chi connectivity index (χ3n) is 2.43. The van der Waals surface area contributed by atoms with E-state index < -0.39 is 12.1 Å². The highest BCUT2D eigenvalue weighted by atomic mass is 79.9. The molecule has 0 spiro atoms. The molecule has 2 aromatic rings. The third-order valence-corrected chi connectivity index (χ3v) is 2.96. The summed E-state index contributed by atoms with van der Waals surface area (Å²) in [6.45, 7) is 0. The molecule has 0 aliphatic carbocycles. The summed E-state index contributed by atoms with van der Waals surface area (Å²) in [5, 5.41) is 2.53. The molecule has 0 fully saturated rings. The molecule has 4 heteroatoms. The highest BCUT2D eigenvalue weighted by Crippen LogP contribution is 2.20. The van der Waals surface area contributed by atoms with Crippen molar-refractivity contribution in [2.75, 3.05) is 5.32 Å². The first-order chi connectivity index (χ1) is 8.66. The first kappa shape index (κ1) is 12.8. The van der Waals surface area contributed by atoms with Crippen molar-refractivity contribution in [2.24, 2.45) is 0 Å². The molecule has 1 atom stereocenters. The van der Waals surface area contributed by atoms with Gasteiger partial charge in [0, 0.05) is 10.2 Å². The minimum atomic E-state index is -1.66. The lowest BCUT2D eigenvalue weighted by atomic mass is 10.1. The van der Waals surface area contributed by atoms with Gasteiger partial charge in [0.2, 0.25) is 6.17 Å². The molecular formula is C14H11BrFNO. The third kappa shape index (κ3) is 3.17. The summed E-state index contributed by atoms with van der Waals surface area (Å²) in [6, 6.07) is 15.3. The second-order valence-electron chi connectivity index (χ2n) is 3.77. The van der Waals surface area contributed by atoms with Gasteiger partial charge in [0.1, 0.15) is 0 Å². The molecule has 0 aliphatic heterocycles. The Morgan fingerprint density at radius 3 is 2.28 bits per heavy atom. The Bertz CT molecular complexity index is 527. The van der Waals surface area contributed by atoms with Gasteiger partial charge in [-0.3, -0.25) is 4.79 Å². The predicted octanol–water partition coefficient (Wildman–Crippen LogP) is 4.10. The Balaban J connectivity index is 2.06. The number of anilines is 1. The van der Waals surface area contributed by atoms with E-state index in [2.05, 4.69) is 21.2 Å². The molecule has 0 aromatic heterocycles. The van der Waals surface area contributed by atoms with Crippen molar-refractivity contribution in [1.82, 2.24) is 0 Å². The average molecular weight is 308 g/mol. The minimum Gasteiger partial charge on any atom is -0.323 e. The Kier molecular flexibility index (Phi) is 4.10. The molecule has 0 heterocycles. The molecule has 0 radical (unpaired) electrons. The maximum absolute atomic E-state index is 13.9. The smallest absolute Gasteiger partial charge is 0.263 e. The summed E-state index contributed by atoms with van der Waals surface area (Å²) < 4.78 is 14.8. The first-order valence-electron chi connectivity index (χ1n) is 5.42. The number of amides is 1. The van der Waals surface area contributed by atoms with Gasteiger partial charge in [0.25, 0.3) is 5.91 Å². The minimum absolute atomic E-state index is 0.354. The summed E-state index contributed by atoms with van der Waals surface area (Å²) in [4.78, 5) is 11.7. The number of benzene rings is 2. The van der Waals surface area contributed by atoms with Crippen molar-refractivity contribution in [3.63, 3.8) is 0 Å². The second kappa shape index (κ2) is 5.78. The van der Waals surface area contributed by atoms with Gasteiger partial charge in [-0.1, -0.05) is 46.3 Å². The van der Waals surface area contributed by atoms with E-state index in [0.29, 0.717) is 11.3 Å². The van der Waals surface area contributed by atoms with Gasteiger partial charge in [-0.15, -0.1) is 0 Å². The SMILES string of the molecule is O=C(Nc1ccc(Br)cc1)[C@@H](F)c1ccccc1. The van der Waals surface area contributed by atoms with Crippen molar-refractivity contribution in [2.45, 2.75) is 6.17 Å². The van der Waals surface area contributed by atoms with Gasteiger partial charge in [-0.25, -0.2) is 4.39 Å². The van der Waals surface area contributed by atoms with Crippen LogP contribution in [0.4, 0.5) is 10.1 Å². The van der Waals surface area contributed by atoms with Gasteiger partial charge in [0.15, 0.2) is 0 Å². The molecule has 1 N–H and O–H groups in total. The topological polar surface area (TPSA) is 29.1 Å². The van der Waals surface area contributed by atoms with Crippen molar-refractivity contribution >= 4 is 27.5 Å². The second-order valence-corrected chi connectivity index (χ2v) is 4.69. The molecule has 0 saturated heterocycles. The average Bonchev–Trinajstić information content (AvgIpc) is 2.41. The van der Waals surface area contributed by atoms with Crippen LogP contribution in [0.2, 0.25) is 0 Å². The number of halogens is 2. The fraction of sp³-hybridized carbons (Fsp3) is 0.0714. The van der Waals surface area contributed by atoms with Gasteiger partial charge >= 0.3 is 0 Å². The monoisotopic (exact) mass is 307 g/mol. The van der Waals surface area contributed by atoms with Gasteiger partial charge < -0.3 is 5.32 Å². The van der Waals surface area contributed by atoms with Crippen molar-refractivity contribution in [3.8, 4) is 0 Å². The fourth-order valence-corrected chi connectivity index (χ4v) is 1.78. The van der Waals surface area contributed by atoms with E-state index in [1.807, 2.05) is 0 Å². The summed E-state index contributed by atoms with van der Waals surface area (Å²) in [5.74, 6) is -0.663. The zero-order valence-corrected chi connectivity index (χ0v) is 11.0. The van der Waals surface area contributed by atoms with Crippen LogP contribution in [0.15, 0.2) is 59.1 Å². The molecule has 2 nitrogen and oxygen atoms in total. The highest BCUT2D eigenvalue weighted by Gasteiger charge is 2.19. The summed E-state index contributed by atoms with van der Waals surface area (Å²) in [6.07, 6.45) is -1.66. The van der Waals surface area contributed by atoms with Gasteiger partial charge in [-0.2, -0.15) is 0 Å². The Morgan fingerprint density at radius 1 is 1.06 bits per heavy atom. The van der Waals surface area contributed by atoms with Crippen LogP contribution in [-0.4, -0.2) is 5.91 Å². The van der Waals surface area contributed by atoms with Crippen LogP contribution >= 0.6 is 15.9 Å². The summed E-state index contributed by atoms with van der Waals surface area (Å²) in [5.41, 5.74) is 0.925. The van der Waals surface area contributed by atoms with Gasteiger partial charge in [0.05, 0.1) is 0 Å². The van der Waals surface area contributed by atoms with Crippen LogP contribution in [0.1, 0.15) is 11.7 Å². The quantitative estimate of drug-likeness (QED) is 0.909. The van der Waals surface area contributed by atoms with E-state index in [4.69, 9.17) is 0 Å². The van der Waals surface area contributed by atoms with E-state index in [-0.39, 0.29) is 0 Å². The lowest BCUT2D eigenvalue weighted by Gasteiger charge is -2.09. The Hall–Kier alpha value is -1.68. The van der Waals surface area contributed by atoms with Crippen LogP contribution < -0.4 is 5.32 Å². The number of nitrogens with one attached hydrogen (secondary N) is 1. The molecular weight excluding hydrogens is 297 g/mol. The van der Waals surface area contributed by atoms with Crippen LogP contribution in [0.3, 0.4) is 0 Å². The van der Waals surface area contributed by atoms with Crippen molar-refractivity contribution < 1.29 is 9.18 Å². The summed E-state index contributed by atoms with van der Waals surface area (Å²) >= 11 is 3.29. The van der Waals surface area contributed by atoms with E-state index in [1.165, 1.54) is 0 Å². The van der Waals surface area contributed by atoms with Crippen molar-refractivity contribution in [1.29, 1.82) is 0 Å². The summed E-state index contributed by atoms with van der Waals surface area (Å²) in [7, 11) is 0. The normalized spacial score (nSPS) is 11.9. The first-order valence-corrected chi connectivity index (χ1v) is 6.21. The van der Waals surface area contributed by atoms with Crippen LogP contribution in [-0.2, 0) is 4.79 Å². The zero-order chi connectivity index (χ0) is 13.0. The van der Waals surface area contributed by atoms with E-state index >= 15 is 0 Å². The molecule has 0 bridgehead atoms. The maximum atomic E-state index is 13.9. The van der Waals surface area contributed by atoms with Crippen LogP contribution in [0.5, 0.6) is 0 Å². The number of carbonyl (C=O) groups is 1. The zero-order valence-electron chi connectivity index (χ0n) is 9.44. The Labute approximate surface area is 113 Å².